The molecule has 4 nitrogen and oxygen atoms in total. The van der Waals surface area contributed by atoms with Crippen LogP contribution < -0.4 is 11.5 Å². The van der Waals surface area contributed by atoms with Crippen molar-refractivity contribution < 1.29 is 5.11 Å². The fraction of sp³-hybridized carbons (Fsp3) is 0.727. The lowest BCUT2D eigenvalue weighted by molar-refractivity contribution is 0.218. The number of aliphatic hydroxyl groups is 1. The molecule has 0 bridgehead atoms. The molecule has 1 unspecified atom stereocenters. The van der Waals surface area contributed by atoms with Crippen LogP contribution >= 0.6 is 0 Å². The van der Waals surface area contributed by atoms with Crippen molar-refractivity contribution in [3.05, 3.63) is 34.2 Å². The highest BCUT2D eigenvalue weighted by Crippen LogP contribution is 2.45. The van der Waals surface area contributed by atoms with Crippen LogP contribution in [-0.2, 0) is 0 Å². The first-order valence-electron chi connectivity index (χ1n) is 10.2. The van der Waals surface area contributed by atoms with E-state index in [4.69, 9.17) is 11.5 Å². The third-order valence-electron chi connectivity index (χ3n) is 6.25. The van der Waals surface area contributed by atoms with Gasteiger partial charge >= 0.3 is 0 Å². The topological polar surface area (TPSA) is 75.5 Å². The molecule has 0 aliphatic heterocycles. The molecular formula is C22H39N3O. The minimum absolute atomic E-state index is 0.113. The largest absolute Gasteiger partial charge is 0.402 e. The van der Waals surface area contributed by atoms with Gasteiger partial charge in [0, 0.05) is 31.1 Å². The van der Waals surface area contributed by atoms with Gasteiger partial charge in [-0.1, -0.05) is 33.1 Å². The molecule has 1 fully saturated rings. The Morgan fingerprint density at radius 1 is 1.31 bits per heavy atom. The molecule has 0 radical (unpaired) electrons. The predicted molar refractivity (Wildman–Crippen MR) is 110 cm³/mol. The first-order chi connectivity index (χ1) is 12.1. The van der Waals surface area contributed by atoms with Crippen molar-refractivity contribution in [2.75, 3.05) is 13.6 Å². The molecule has 0 amide bonds. The van der Waals surface area contributed by atoms with Crippen molar-refractivity contribution in [3.63, 3.8) is 0 Å². The first-order valence-corrected chi connectivity index (χ1v) is 10.2. The van der Waals surface area contributed by atoms with Crippen LogP contribution in [0, 0.1) is 11.3 Å². The van der Waals surface area contributed by atoms with Crippen LogP contribution in [0.25, 0.3) is 0 Å². The van der Waals surface area contributed by atoms with Gasteiger partial charge in [0.25, 0.3) is 0 Å². The lowest BCUT2D eigenvalue weighted by Crippen LogP contribution is -2.31. The number of aliphatic hydroxyl groups excluding tert-OH is 1. The molecule has 1 atom stereocenters. The Morgan fingerprint density at radius 3 is 2.46 bits per heavy atom. The Balaban J connectivity index is 2.32. The number of hydrogen-bond acceptors (Lipinski definition) is 4. The van der Waals surface area contributed by atoms with Crippen LogP contribution in [0.4, 0.5) is 0 Å². The van der Waals surface area contributed by atoms with Crippen LogP contribution in [0.2, 0.25) is 0 Å². The van der Waals surface area contributed by atoms with E-state index in [9.17, 15) is 5.11 Å². The summed E-state index contributed by atoms with van der Waals surface area (Å²) in [6, 6.07) is 0. The average Bonchev–Trinajstić information content (AvgIpc) is 2.54. The van der Waals surface area contributed by atoms with E-state index in [2.05, 4.69) is 38.9 Å². The van der Waals surface area contributed by atoms with Crippen LogP contribution in [0.5, 0.6) is 0 Å². The Labute approximate surface area is 160 Å². The van der Waals surface area contributed by atoms with E-state index in [0.29, 0.717) is 11.3 Å². The lowest BCUT2D eigenvalue weighted by atomic mass is 9.69. The van der Waals surface area contributed by atoms with E-state index >= 15 is 0 Å². The fourth-order valence-corrected chi connectivity index (χ4v) is 4.74. The normalized spacial score (nSPS) is 25.3. The van der Waals surface area contributed by atoms with Gasteiger partial charge in [-0.3, -0.25) is 0 Å². The summed E-state index contributed by atoms with van der Waals surface area (Å²) in [6.07, 6.45) is 10.1. The molecule has 4 heteroatoms. The highest BCUT2D eigenvalue weighted by molar-refractivity contribution is 5.50. The Morgan fingerprint density at radius 2 is 1.92 bits per heavy atom. The van der Waals surface area contributed by atoms with Gasteiger partial charge in [-0.2, -0.15) is 0 Å². The molecule has 0 aromatic carbocycles. The zero-order valence-corrected chi connectivity index (χ0v) is 17.4. The molecule has 2 aliphatic carbocycles. The second kappa shape index (κ2) is 8.62. The monoisotopic (exact) mass is 361 g/mol. The maximum atomic E-state index is 10.0. The summed E-state index contributed by atoms with van der Waals surface area (Å²) in [4.78, 5) is 2.37. The summed E-state index contributed by atoms with van der Waals surface area (Å²) in [5.74, 6) is 0.814. The number of allylic oxidation sites excluding steroid dienone is 3. The van der Waals surface area contributed by atoms with Gasteiger partial charge in [-0.15, -0.1) is 0 Å². The number of nitrogens with zero attached hydrogens (tertiary/aromatic N) is 1. The molecule has 0 aromatic heterocycles. The van der Waals surface area contributed by atoms with Crippen molar-refractivity contribution in [2.24, 2.45) is 22.8 Å². The Bertz CT molecular complexity index is 589. The number of nitrogens with two attached hydrogens (primary N) is 2. The first kappa shape index (κ1) is 21.0. The second-order valence-electron chi connectivity index (χ2n) is 9.02. The van der Waals surface area contributed by atoms with Crippen LogP contribution in [0.15, 0.2) is 34.2 Å². The quantitative estimate of drug-likeness (QED) is 0.646. The molecule has 0 saturated heterocycles. The van der Waals surface area contributed by atoms with Gasteiger partial charge in [0.2, 0.25) is 0 Å². The summed E-state index contributed by atoms with van der Waals surface area (Å²) in [5.41, 5.74) is 17.0. The van der Waals surface area contributed by atoms with Crippen LogP contribution in [0.3, 0.4) is 0 Å². The second-order valence-corrected chi connectivity index (χ2v) is 9.02. The van der Waals surface area contributed by atoms with Crippen molar-refractivity contribution in [3.8, 4) is 0 Å². The van der Waals surface area contributed by atoms with E-state index in [-0.39, 0.29) is 5.41 Å². The minimum atomic E-state index is -1.02. The van der Waals surface area contributed by atoms with Crippen molar-refractivity contribution in [1.82, 2.24) is 4.90 Å². The molecule has 26 heavy (non-hydrogen) atoms. The third kappa shape index (κ3) is 4.92. The highest BCUT2D eigenvalue weighted by atomic mass is 16.3. The van der Waals surface area contributed by atoms with Crippen LogP contribution in [-0.4, -0.2) is 29.8 Å². The minimum Gasteiger partial charge on any atom is -0.402 e. The number of rotatable bonds is 5. The Hall–Kier alpha value is -1.26. The van der Waals surface area contributed by atoms with Gasteiger partial charge in [0.1, 0.15) is 6.23 Å². The summed E-state index contributed by atoms with van der Waals surface area (Å²) in [7, 11) is 2.20. The van der Waals surface area contributed by atoms with E-state index in [1.807, 2.05) is 6.92 Å². The van der Waals surface area contributed by atoms with Crippen molar-refractivity contribution in [1.29, 1.82) is 0 Å². The molecule has 0 heterocycles. The summed E-state index contributed by atoms with van der Waals surface area (Å²) < 4.78 is 0. The smallest absolute Gasteiger partial charge is 0.130 e. The van der Waals surface area contributed by atoms with E-state index in [1.165, 1.54) is 43.3 Å². The maximum absolute atomic E-state index is 10.0. The maximum Gasteiger partial charge on any atom is 0.130 e. The molecular weight excluding hydrogens is 322 g/mol. The SMILES string of the molecule is CC1=C(C(=C(\C)N)/C(N)O)CCC(C)(C)/C1=C\N(C)CC1CCCCC1. The molecule has 0 spiro atoms. The zero-order chi connectivity index (χ0) is 19.5. The molecule has 2 aliphatic rings. The van der Waals surface area contributed by atoms with Gasteiger partial charge in [-0.05, 0) is 67.6 Å². The predicted octanol–water partition coefficient (Wildman–Crippen LogP) is 4.03. The summed E-state index contributed by atoms with van der Waals surface area (Å²) in [6.45, 7) is 9.72. The van der Waals surface area contributed by atoms with Gasteiger partial charge in [0.05, 0.1) is 0 Å². The van der Waals surface area contributed by atoms with E-state index in [1.54, 1.807) is 0 Å². The van der Waals surface area contributed by atoms with E-state index in [0.717, 1.165) is 30.9 Å². The van der Waals surface area contributed by atoms with Gasteiger partial charge in [0.15, 0.2) is 0 Å². The Kier molecular flexibility index (Phi) is 6.98. The fourth-order valence-electron chi connectivity index (χ4n) is 4.74. The molecule has 0 aromatic rings. The standard InChI is InChI=1S/C22H39N3O/c1-15-18(20(16(2)23)21(24)26)11-12-22(3,4)19(15)14-25(5)13-17-9-7-6-8-10-17/h14,17,21,26H,6-13,23-24H2,1-5H3/b19-14-,20-16-. The van der Waals surface area contributed by atoms with Gasteiger partial charge < -0.3 is 21.5 Å². The highest BCUT2D eigenvalue weighted by Gasteiger charge is 2.33. The molecule has 148 valence electrons. The van der Waals surface area contributed by atoms with Crippen LogP contribution in [0.1, 0.15) is 72.6 Å². The molecule has 1 saturated carbocycles. The lowest BCUT2D eigenvalue weighted by Gasteiger charge is -2.38. The zero-order valence-electron chi connectivity index (χ0n) is 17.4. The third-order valence-corrected chi connectivity index (χ3v) is 6.25. The van der Waals surface area contributed by atoms with Crippen molar-refractivity contribution >= 4 is 0 Å². The van der Waals surface area contributed by atoms with E-state index < -0.39 is 6.23 Å². The average molecular weight is 362 g/mol. The van der Waals surface area contributed by atoms with Crippen molar-refractivity contribution in [2.45, 2.75) is 78.9 Å². The summed E-state index contributed by atoms with van der Waals surface area (Å²) >= 11 is 0. The number of hydrogen-bond donors (Lipinski definition) is 3. The van der Waals surface area contributed by atoms with Gasteiger partial charge in [-0.25, -0.2) is 0 Å². The molecule has 5 N–H and O–H groups in total. The summed E-state index contributed by atoms with van der Waals surface area (Å²) in [5, 5.41) is 10.0. The molecule has 2 rings (SSSR count).